The monoisotopic (exact) mass is 277 g/mol. The van der Waals surface area contributed by atoms with E-state index in [4.69, 9.17) is 4.74 Å². The maximum Gasteiger partial charge on any atom is 0.409 e. The Morgan fingerprint density at radius 2 is 2.10 bits per heavy atom. The number of ether oxygens (including phenoxy) is 1. The lowest BCUT2D eigenvalue weighted by Crippen LogP contribution is -2.56. The number of nitrogens with zero attached hydrogens (tertiary/aromatic N) is 3. The van der Waals surface area contributed by atoms with Crippen molar-refractivity contribution < 1.29 is 9.53 Å². The molecule has 1 unspecified atom stereocenters. The van der Waals surface area contributed by atoms with Crippen LogP contribution in [0.25, 0.3) is 0 Å². The Kier molecular flexibility index (Phi) is 4.28. The van der Waals surface area contributed by atoms with E-state index < -0.39 is 0 Å². The molecule has 0 aromatic carbocycles. The van der Waals surface area contributed by atoms with Crippen molar-refractivity contribution in [2.45, 2.75) is 19.9 Å². The second-order valence-electron chi connectivity index (χ2n) is 6.15. The van der Waals surface area contributed by atoms with E-state index in [1.54, 1.807) is 14.1 Å². The van der Waals surface area contributed by atoms with Crippen LogP contribution in [0.2, 0.25) is 0 Å². The van der Waals surface area contributed by atoms with Crippen molar-refractivity contribution in [3.05, 3.63) is 30.1 Å². The number of aromatic nitrogens is 1. The minimum atomic E-state index is -0.287. The molecule has 20 heavy (non-hydrogen) atoms. The molecule has 110 valence electrons. The fourth-order valence-corrected chi connectivity index (χ4v) is 2.88. The number of amides is 1. The molecule has 1 saturated heterocycles. The van der Waals surface area contributed by atoms with Gasteiger partial charge in [0.05, 0.1) is 0 Å². The van der Waals surface area contributed by atoms with Gasteiger partial charge in [0.2, 0.25) is 0 Å². The Labute approximate surface area is 120 Å². The Hall–Kier alpha value is -1.62. The summed E-state index contributed by atoms with van der Waals surface area (Å²) >= 11 is 0. The summed E-state index contributed by atoms with van der Waals surface area (Å²) in [7, 11) is 3.38. The summed E-state index contributed by atoms with van der Waals surface area (Å²) in [6, 6.07) is 4.48. The summed E-state index contributed by atoms with van der Waals surface area (Å²) in [6.45, 7) is 6.73. The van der Waals surface area contributed by atoms with Crippen molar-refractivity contribution in [1.82, 2.24) is 14.8 Å². The van der Waals surface area contributed by atoms with Gasteiger partial charge in [-0.15, -0.1) is 0 Å². The number of pyridine rings is 1. The summed E-state index contributed by atoms with van der Waals surface area (Å²) in [6.07, 6.45) is 3.37. The molecule has 1 fully saturated rings. The molecular weight excluding hydrogens is 254 g/mol. The molecule has 0 spiro atoms. The number of rotatable bonds is 4. The van der Waals surface area contributed by atoms with Crippen LogP contribution in [0.4, 0.5) is 4.79 Å². The van der Waals surface area contributed by atoms with E-state index >= 15 is 0 Å². The quantitative estimate of drug-likeness (QED) is 0.846. The molecule has 1 atom stereocenters. The standard InChI is InChI=1S/C15H23N3O2/c1-15(2)11-18(9-10-20-14(19)17(3)4)13(15)12-5-7-16-8-6-12/h5-8,13H,9-11H2,1-4H3. The largest absolute Gasteiger partial charge is 0.448 e. The van der Waals surface area contributed by atoms with Crippen molar-refractivity contribution in [2.24, 2.45) is 5.41 Å². The average molecular weight is 277 g/mol. The molecule has 2 heterocycles. The molecular formula is C15H23N3O2. The fourth-order valence-electron chi connectivity index (χ4n) is 2.88. The molecule has 0 radical (unpaired) electrons. The number of carbonyl (C=O) groups is 1. The molecule has 1 aromatic rings. The van der Waals surface area contributed by atoms with E-state index in [1.165, 1.54) is 10.5 Å². The zero-order chi connectivity index (χ0) is 14.8. The van der Waals surface area contributed by atoms with E-state index in [1.807, 2.05) is 12.4 Å². The van der Waals surface area contributed by atoms with Crippen LogP contribution in [-0.2, 0) is 4.74 Å². The Morgan fingerprint density at radius 1 is 1.45 bits per heavy atom. The number of hydrogen-bond acceptors (Lipinski definition) is 4. The summed E-state index contributed by atoms with van der Waals surface area (Å²) in [5, 5.41) is 0. The minimum absolute atomic E-state index is 0.243. The molecule has 0 aliphatic carbocycles. The van der Waals surface area contributed by atoms with Gasteiger partial charge in [0.25, 0.3) is 0 Å². The average Bonchev–Trinajstić information content (AvgIpc) is 2.38. The highest BCUT2D eigenvalue weighted by Gasteiger charge is 2.45. The molecule has 5 nitrogen and oxygen atoms in total. The smallest absolute Gasteiger partial charge is 0.409 e. The molecule has 1 aliphatic heterocycles. The Balaban J connectivity index is 1.91. The fraction of sp³-hybridized carbons (Fsp3) is 0.600. The maximum atomic E-state index is 11.4. The van der Waals surface area contributed by atoms with E-state index in [9.17, 15) is 4.79 Å². The lowest BCUT2D eigenvalue weighted by molar-refractivity contribution is -0.0612. The molecule has 5 heteroatoms. The first-order valence-corrected chi connectivity index (χ1v) is 6.90. The van der Waals surface area contributed by atoms with E-state index in [0.29, 0.717) is 12.6 Å². The molecule has 1 aliphatic rings. The normalized spacial score (nSPS) is 21.1. The second-order valence-corrected chi connectivity index (χ2v) is 6.15. The Morgan fingerprint density at radius 3 is 2.65 bits per heavy atom. The van der Waals surface area contributed by atoms with Gasteiger partial charge in [0.1, 0.15) is 6.61 Å². The highest BCUT2D eigenvalue weighted by atomic mass is 16.6. The van der Waals surface area contributed by atoms with Gasteiger partial charge >= 0.3 is 6.09 Å². The van der Waals surface area contributed by atoms with Crippen LogP contribution >= 0.6 is 0 Å². The first-order chi connectivity index (χ1) is 9.42. The van der Waals surface area contributed by atoms with Gasteiger partial charge in [-0.25, -0.2) is 4.79 Å². The Bertz CT molecular complexity index is 459. The minimum Gasteiger partial charge on any atom is -0.448 e. The third-order valence-corrected chi connectivity index (χ3v) is 3.71. The first kappa shape index (κ1) is 14.8. The predicted octanol–water partition coefficient (Wildman–Crippen LogP) is 2.16. The third-order valence-electron chi connectivity index (χ3n) is 3.71. The van der Waals surface area contributed by atoms with Gasteiger partial charge in [0, 0.05) is 45.6 Å². The van der Waals surface area contributed by atoms with Crippen molar-refractivity contribution in [1.29, 1.82) is 0 Å². The molecule has 1 amide bonds. The highest BCUT2D eigenvalue weighted by Crippen LogP contribution is 2.47. The van der Waals surface area contributed by atoms with Gasteiger partial charge in [-0.05, 0) is 23.1 Å². The lowest BCUT2D eigenvalue weighted by Gasteiger charge is -2.54. The number of likely N-dealkylation sites (tertiary alicyclic amines) is 1. The predicted molar refractivity (Wildman–Crippen MR) is 77.4 cm³/mol. The van der Waals surface area contributed by atoms with E-state index in [-0.39, 0.29) is 11.5 Å². The van der Waals surface area contributed by atoms with Crippen molar-refractivity contribution in [2.75, 3.05) is 33.8 Å². The van der Waals surface area contributed by atoms with Crippen molar-refractivity contribution >= 4 is 6.09 Å². The summed E-state index contributed by atoms with van der Waals surface area (Å²) in [5.74, 6) is 0. The summed E-state index contributed by atoms with van der Waals surface area (Å²) < 4.78 is 5.20. The number of hydrogen-bond donors (Lipinski definition) is 0. The van der Waals surface area contributed by atoms with Crippen LogP contribution in [0, 0.1) is 5.41 Å². The van der Waals surface area contributed by atoms with Crippen LogP contribution in [-0.4, -0.2) is 54.7 Å². The lowest BCUT2D eigenvalue weighted by atomic mass is 9.72. The summed E-state index contributed by atoms with van der Waals surface area (Å²) in [4.78, 5) is 19.2. The zero-order valence-corrected chi connectivity index (χ0v) is 12.7. The van der Waals surface area contributed by atoms with Gasteiger partial charge < -0.3 is 9.64 Å². The van der Waals surface area contributed by atoms with Gasteiger partial charge in [0.15, 0.2) is 0 Å². The van der Waals surface area contributed by atoms with Crippen LogP contribution in [0.15, 0.2) is 24.5 Å². The van der Waals surface area contributed by atoms with Crippen molar-refractivity contribution in [3.8, 4) is 0 Å². The maximum absolute atomic E-state index is 11.4. The van der Waals surface area contributed by atoms with E-state index in [2.05, 4.69) is 35.9 Å². The third kappa shape index (κ3) is 3.10. The molecule has 0 bridgehead atoms. The molecule has 1 aromatic heterocycles. The van der Waals surface area contributed by atoms with Crippen LogP contribution < -0.4 is 0 Å². The van der Waals surface area contributed by atoms with Gasteiger partial charge in [-0.3, -0.25) is 9.88 Å². The van der Waals surface area contributed by atoms with Crippen molar-refractivity contribution in [3.63, 3.8) is 0 Å². The zero-order valence-electron chi connectivity index (χ0n) is 12.7. The second kappa shape index (κ2) is 5.79. The van der Waals surface area contributed by atoms with Crippen LogP contribution in [0.5, 0.6) is 0 Å². The van der Waals surface area contributed by atoms with Crippen LogP contribution in [0.1, 0.15) is 25.5 Å². The van der Waals surface area contributed by atoms with Crippen LogP contribution in [0.3, 0.4) is 0 Å². The SMILES string of the molecule is CN(C)C(=O)OCCN1CC(C)(C)C1c1ccncc1. The molecule has 0 N–H and O–H groups in total. The molecule has 0 saturated carbocycles. The topological polar surface area (TPSA) is 45.7 Å². The highest BCUT2D eigenvalue weighted by molar-refractivity contribution is 5.66. The van der Waals surface area contributed by atoms with Gasteiger partial charge in [-0.1, -0.05) is 13.8 Å². The van der Waals surface area contributed by atoms with E-state index in [0.717, 1.165) is 13.1 Å². The first-order valence-electron chi connectivity index (χ1n) is 6.90. The number of carbonyl (C=O) groups excluding carboxylic acids is 1. The molecule has 2 rings (SSSR count). The summed E-state index contributed by atoms with van der Waals surface area (Å²) in [5.41, 5.74) is 1.52. The van der Waals surface area contributed by atoms with Gasteiger partial charge in [-0.2, -0.15) is 0 Å².